The topological polar surface area (TPSA) is 24.1 Å². The fraction of sp³-hybridized carbons (Fsp3) is 0.857. The zero-order valence-electron chi connectivity index (χ0n) is 6.53. The third-order valence-corrected chi connectivity index (χ3v) is 2.10. The van der Waals surface area contributed by atoms with E-state index in [9.17, 15) is 0 Å². The van der Waals surface area contributed by atoms with E-state index in [1.807, 2.05) is 0 Å². The Kier molecular flexibility index (Phi) is 2.14. The minimum absolute atomic E-state index is 0.383. The van der Waals surface area contributed by atoms with E-state index in [1.165, 1.54) is 6.42 Å². The largest absolute Gasteiger partial charge is 0.363 e. The van der Waals surface area contributed by atoms with Crippen molar-refractivity contribution in [1.29, 1.82) is 0 Å². The summed E-state index contributed by atoms with van der Waals surface area (Å²) in [6.07, 6.45) is 1.18. The molecule has 0 aromatic rings. The zero-order chi connectivity index (χ0) is 7.61. The van der Waals surface area contributed by atoms with Gasteiger partial charge in [-0.15, -0.1) is 0 Å². The van der Waals surface area contributed by atoms with E-state index in [4.69, 9.17) is 12.2 Å². The lowest BCUT2D eigenvalue weighted by Crippen LogP contribution is -2.34. The van der Waals surface area contributed by atoms with E-state index in [0.29, 0.717) is 5.41 Å². The number of thiocarbonyl (C=S) groups is 1. The van der Waals surface area contributed by atoms with Crippen LogP contribution < -0.4 is 10.6 Å². The van der Waals surface area contributed by atoms with E-state index < -0.39 is 0 Å². The summed E-state index contributed by atoms with van der Waals surface area (Å²) in [6, 6.07) is 0. The van der Waals surface area contributed by atoms with Crippen LogP contribution >= 0.6 is 12.2 Å². The van der Waals surface area contributed by atoms with Crippen LogP contribution in [0.2, 0.25) is 0 Å². The van der Waals surface area contributed by atoms with Crippen LogP contribution in [0.4, 0.5) is 0 Å². The van der Waals surface area contributed by atoms with Gasteiger partial charge in [0.05, 0.1) is 0 Å². The molecule has 0 amide bonds. The fourth-order valence-electron chi connectivity index (χ4n) is 0.985. The molecule has 58 valence electrons. The summed E-state index contributed by atoms with van der Waals surface area (Å²) in [5.74, 6) is 0. The monoisotopic (exact) mass is 158 g/mol. The Morgan fingerprint density at radius 1 is 1.40 bits per heavy atom. The molecule has 0 aliphatic carbocycles. The Morgan fingerprint density at radius 3 is 2.80 bits per heavy atom. The van der Waals surface area contributed by atoms with E-state index in [1.54, 1.807) is 0 Å². The SMILES string of the molecule is CC1(C)CCNC(=S)NC1. The first-order valence-electron chi connectivity index (χ1n) is 3.62. The molecule has 0 aromatic carbocycles. The summed E-state index contributed by atoms with van der Waals surface area (Å²) >= 11 is 4.97. The molecular formula is C7H14N2S. The van der Waals surface area contributed by atoms with Gasteiger partial charge < -0.3 is 10.6 Å². The van der Waals surface area contributed by atoms with Crippen molar-refractivity contribution in [1.82, 2.24) is 10.6 Å². The standard InChI is InChI=1S/C7H14N2S/c1-7(2)3-4-8-6(10)9-5-7/h3-5H2,1-2H3,(H2,8,9,10). The van der Waals surface area contributed by atoms with Crippen LogP contribution in [0.1, 0.15) is 20.3 Å². The summed E-state index contributed by atoms with van der Waals surface area (Å²) in [6.45, 7) is 6.48. The first kappa shape index (κ1) is 7.79. The van der Waals surface area contributed by atoms with Crippen molar-refractivity contribution in [2.45, 2.75) is 20.3 Å². The zero-order valence-corrected chi connectivity index (χ0v) is 7.35. The van der Waals surface area contributed by atoms with Gasteiger partial charge in [-0.25, -0.2) is 0 Å². The van der Waals surface area contributed by atoms with Crippen LogP contribution in [0.25, 0.3) is 0 Å². The molecule has 1 saturated heterocycles. The summed E-state index contributed by atoms with van der Waals surface area (Å²) in [5, 5.41) is 7.07. The molecule has 1 aliphatic rings. The quantitative estimate of drug-likeness (QED) is 0.512. The number of nitrogens with one attached hydrogen (secondary N) is 2. The summed E-state index contributed by atoms with van der Waals surface area (Å²) in [5.41, 5.74) is 0.383. The van der Waals surface area contributed by atoms with Crippen LogP contribution in [0.3, 0.4) is 0 Å². The lowest BCUT2D eigenvalue weighted by atomic mass is 9.90. The molecule has 0 unspecified atom stereocenters. The number of rotatable bonds is 0. The molecule has 10 heavy (non-hydrogen) atoms. The predicted octanol–water partition coefficient (Wildman–Crippen LogP) is 0.880. The normalized spacial score (nSPS) is 24.4. The van der Waals surface area contributed by atoms with Crippen molar-refractivity contribution in [2.24, 2.45) is 5.41 Å². The van der Waals surface area contributed by atoms with Crippen molar-refractivity contribution in [2.75, 3.05) is 13.1 Å². The smallest absolute Gasteiger partial charge is 0.166 e. The van der Waals surface area contributed by atoms with Crippen LogP contribution in [0.5, 0.6) is 0 Å². The van der Waals surface area contributed by atoms with Gasteiger partial charge >= 0.3 is 0 Å². The van der Waals surface area contributed by atoms with Crippen LogP contribution in [-0.4, -0.2) is 18.2 Å². The highest BCUT2D eigenvalue weighted by Crippen LogP contribution is 2.18. The van der Waals surface area contributed by atoms with Crippen LogP contribution in [0, 0.1) is 5.41 Å². The van der Waals surface area contributed by atoms with Crippen molar-refractivity contribution in [3.63, 3.8) is 0 Å². The van der Waals surface area contributed by atoms with E-state index >= 15 is 0 Å². The second-order valence-electron chi connectivity index (χ2n) is 3.52. The summed E-state index contributed by atoms with van der Waals surface area (Å²) in [4.78, 5) is 0. The highest BCUT2D eigenvalue weighted by Gasteiger charge is 2.20. The Balaban J connectivity index is 2.48. The fourth-order valence-corrected chi connectivity index (χ4v) is 1.16. The molecule has 2 N–H and O–H groups in total. The first-order chi connectivity index (χ1) is 4.60. The number of hydrogen-bond acceptors (Lipinski definition) is 1. The highest BCUT2D eigenvalue weighted by atomic mass is 32.1. The van der Waals surface area contributed by atoms with Crippen molar-refractivity contribution >= 4 is 17.3 Å². The van der Waals surface area contributed by atoms with Gasteiger partial charge in [0.25, 0.3) is 0 Å². The van der Waals surface area contributed by atoms with Gasteiger partial charge in [0.15, 0.2) is 5.11 Å². The summed E-state index contributed by atoms with van der Waals surface area (Å²) in [7, 11) is 0. The Morgan fingerprint density at radius 2 is 2.10 bits per heavy atom. The molecule has 0 saturated carbocycles. The van der Waals surface area contributed by atoms with Gasteiger partial charge in [0.2, 0.25) is 0 Å². The average Bonchev–Trinajstić information content (AvgIpc) is 1.94. The second kappa shape index (κ2) is 2.74. The molecule has 0 bridgehead atoms. The van der Waals surface area contributed by atoms with Crippen molar-refractivity contribution < 1.29 is 0 Å². The highest BCUT2D eigenvalue weighted by molar-refractivity contribution is 7.80. The minimum Gasteiger partial charge on any atom is -0.363 e. The minimum atomic E-state index is 0.383. The van der Waals surface area contributed by atoms with Crippen LogP contribution in [0.15, 0.2) is 0 Å². The van der Waals surface area contributed by atoms with Gasteiger partial charge in [-0.3, -0.25) is 0 Å². The lowest BCUT2D eigenvalue weighted by Gasteiger charge is -2.20. The number of hydrogen-bond donors (Lipinski definition) is 2. The maximum atomic E-state index is 4.97. The molecule has 1 aliphatic heterocycles. The third-order valence-electron chi connectivity index (χ3n) is 1.81. The average molecular weight is 158 g/mol. The van der Waals surface area contributed by atoms with Gasteiger partial charge in [-0.05, 0) is 24.1 Å². The third kappa shape index (κ3) is 2.14. The molecule has 1 rings (SSSR count). The van der Waals surface area contributed by atoms with Gasteiger partial charge in [0.1, 0.15) is 0 Å². The first-order valence-corrected chi connectivity index (χ1v) is 4.03. The molecular weight excluding hydrogens is 144 g/mol. The lowest BCUT2D eigenvalue weighted by molar-refractivity contribution is 0.348. The Bertz CT molecular complexity index is 143. The maximum Gasteiger partial charge on any atom is 0.166 e. The van der Waals surface area contributed by atoms with E-state index in [0.717, 1.165) is 18.2 Å². The molecule has 0 aromatic heterocycles. The molecule has 0 atom stereocenters. The second-order valence-corrected chi connectivity index (χ2v) is 3.93. The Hall–Kier alpha value is -0.310. The molecule has 2 nitrogen and oxygen atoms in total. The molecule has 0 radical (unpaired) electrons. The molecule has 1 heterocycles. The molecule has 1 fully saturated rings. The predicted molar refractivity (Wildman–Crippen MR) is 47.0 cm³/mol. The van der Waals surface area contributed by atoms with E-state index in [-0.39, 0.29) is 0 Å². The van der Waals surface area contributed by atoms with Crippen LogP contribution in [-0.2, 0) is 0 Å². The maximum absolute atomic E-state index is 4.97. The van der Waals surface area contributed by atoms with Gasteiger partial charge in [0, 0.05) is 13.1 Å². The van der Waals surface area contributed by atoms with Crippen molar-refractivity contribution in [3.05, 3.63) is 0 Å². The molecule has 3 heteroatoms. The van der Waals surface area contributed by atoms with E-state index in [2.05, 4.69) is 24.5 Å². The summed E-state index contributed by atoms with van der Waals surface area (Å²) < 4.78 is 0. The molecule has 0 spiro atoms. The Labute approximate surface area is 67.4 Å². The van der Waals surface area contributed by atoms with Gasteiger partial charge in [-0.1, -0.05) is 13.8 Å². The van der Waals surface area contributed by atoms with Crippen molar-refractivity contribution in [3.8, 4) is 0 Å². The van der Waals surface area contributed by atoms with Gasteiger partial charge in [-0.2, -0.15) is 0 Å².